The maximum atomic E-state index is 12.3. The van der Waals surface area contributed by atoms with E-state index in [2.05, 4.69) is 17.0 Å². The Kier molecular flexibility index (Phi) is 6.55. The van der Waals surface area contributed by atoms with Crippen LogP contribution < -0.4 is 14.8 Å². The zero-order chi connectivity index (χ0) is 18.4. The Morgan fingerprint density at radius 2 is 1.96 bits per heavy atom. The van der Waals surface area contributed by atoms with E-state index in [4.69, 9.17) is 4.74 Å². The summed E-state index contributed by atoms with van der Waals surface area (Å²) in [5.74, 6) is -0.151. The highest BCUT2D eigenvalue weighted by molar-refractivity contribution is 5.97. The third-order valence-corrected chi connectivity index (χ3v) is 4.18. The first-order chi connectivity index (χ1) is 11.9. The molecule has 1 aromatic carbocycles. The summed E-state index contributed by atoms with van der Waals surface area (Å²) in [7, 11) is 1.29. The van der Waals surface area contributed by atoms with Crippen molar-refractivity contribution in [1.82, 2.24) is 10.2 Å². The molecule has 0 radical (unpaired) electrons. The Labute approximate surface area is 145 Å². The van der Waals surface area contributed by atoms with Crippen molar-refractivity contribution in [2.24, 2.45) is 5.92 Å². The van der Waals surface area contributed by atoms with Gasteiger partial charge in [0.15, 0.2) is 11.5 Å². The molecule has 2 amide bonds. The highest BCUT2D eigenvalue weighted by Gasteiger charge is 2.21. The number of rotatable bonds is 6. The maximum absolute atomic E-state index is 12.3. The highest BCUT2D eigenvalue weighted by atomic mass is 19.3. The number of ether oxygens (including phenoxy) is 2. The second kappa shape index (κ2) is 8.64. The Morgan fingerprint density at radius 1 is 1.28 bits per heavy atom. The summed E-state index contributed by atoms with van der Waals surface area (Å²) in [5, 5.41) is 2.54. The van der Waals surface area contributed by atoms with E-state index in [1.807, 2.05) is 0 Å². The van der Waals surface area contributed by atoms with Crippen LogP contribution in [0.25, 0.3) is 0 Å². The van der Waals surface area contributed by atoms with Crippen molar-refractivity contribution in [3.63, 3.8) is 0 Å². The Morgan fingerprint density at radius 3 is 2.56 bits per heavy atom. The fraction of sp³-hybridized carbons (Fsp3) is 0.529. The number of likely N-dealkylation sites (tertiary alicyclic amines) is 1. The number of amides is 2. The van der Waals surface area contributed by atoms with Gasteiger partial charge in [-0.3, -0.25) is 9.59 Å². The topological polar surface area (TPSA) is 67.9 Å². The number of hydrogen-bond donors (Lipinski definition) is 1. The van der Waals surface area contributed by atoms with Gasteiger partial charge in [0.25, 0.3) is 5.91 Å². The van der Waals surface area contributed by atoms with E-state index in [1.165, 1.54) is 25.3 Å². The van der Waals surface area contributed by atoms with E-state index in [0.29, 0.717) is 19.0 Å². The predicted octanol–water partition coefficient (Wildman–Crippen LogP) is 2.28. The molecular formula is C17H22F2N2O4. The molecule has 1 heterocycles. The number of carbonyl (C=O) groups is 2. The number of nitrogens with zero attached hydrogens (tertiary/aromatic N) is 1. The number of halogens is 2. The lowest BCUT2D eigenvalue weighted by Gasteiger charge is -2.30. The molecule has 1 aliphatic heterocycles. The van der Waals surface area contributed by atoms with Crippen molar-refractivity contribution in [1.29, 1.82) is 0 Å². The molecule has 0 bridgehead atoms. The monoisotopic (exact) mass is 356 g/mol. The molecule has 6 nitrogen and oxygen atoms in total. The van der Waals surface area contributed by atoms with Gasteiger partial charge in [-0.15, -0.1) is 0 Å². The standard InChI is InChI=1S/C17H22F2N2O4/c1-11-5-7-21(8-6-11)15(22)10-20-16(23)12-3-4-13(25-17(18)19)14(9-12)24-2/h3-4,9,11,17H,5-8,10H2,1-2H3,(H,20,23). The van der Waals surface area contributed by atoms with Crippen LogP contribution in [0.2, 0.25) is 0 Å². The molecule has 0 aliphatic carbocycles. The average molecular weight is 356 g/mol. The van der Waals surface area contributed by atoms with Gasteiger partial charge >= 0.3 is 6.61 Å². The fourth-order valence-corrected chi connectivity index (χ4v) is 2.63. The van der Waals surface area contributed by atoms with Gasteiger partial charge in [-0.2, -0.15) is 8.78 Å². The minimum Gasteiger partial charge on any atom is -0.493 e. The number of alkyl halides is 2. The molecule has 1 aromatic rings. The van der Waals surface area contributed by atoms with Crippen LogP contribution in [0.5, 0.6) is 11.5 Å². The lowest BCUT2D eigenvalue weighted by atomic mass is 9.99. The smallest absolute Gasteiger partial charge is 0.387 e. The quantitative estimate of drug-likeness (QED) is 0.849. The highest BCUT2D eigenvalue weighted by Crippen LogP contribution is 2.29. The van der Waals surface area contributed by atoms with Crippen LogP contribution in [-0.4, -0.2) is 50.1 Å². The molecular weight excluding hydrogens is 334 g/mol. The summed E-state index contributed by atoms with van der Waals surface area (Å²) >= 11 is 0. The number of benzene rings is 1. The number of methoxy groups -OCH3 is 1. The van der Waals surface area contributed by atoms with Crippen LogP contribution >= 0.6 is 0 Å². The van der Waals surface area contributed by atoms with Crippen LogP contribution in [0.1, 0.15) is 30.1 Å². The number of piperidine rings is 1. The zero-order valence-corrected chi connectivity index (χ0v) is 14.3. The van der Waals surface area contributed by atoms with E-state index >= 15 is 0 Å². The van der Waals surface area contributed by atoms with Gasteiger partial charge in [0.05, 0.1) is 13.7 Å². The first-order valence-corrected chi connectivity index (χ1v) is 8.09. The summed E-state index contributed by atoms with van der Waals surface area (Å²) in [4.78, 5) is 26.0. The van der Waals surface area contributed by atoms with Crippen molar-refractivity contribution < 1.29 is 27.8 Å². The van der Waals surface area contributed by atoms with Crippen molar-refractivity contribution in [2.75, 3.05) is 26.7 Å². The van der Waals surface area contributed by atoms with Gasteiger partial charge in [0.2, 0.25) is 5.91 Å². The van der Waals surface area contributed by atoms with Crippen molar-refractivity contribution in [2.45, 2.75) is 26.4 Å². The number of carbonyl (C=O) groups excluding carboxylic acids is 2. The predicted molar refractivity (Wildman–Crippen MR) is 86.9 cm³/mol. The molecule has 2 rings (SSSR count). The van der Waals surface area contributed by atoms with Crippen LogP contribution in [-0.2, 0) is 4.79 Å². The van der Waals surface area contributed by atoms with Crippen molar-refractivity contribution >= 4 is 11.8 Å². The Balaban J connectivity index is 1.93. The van der Waals surface area contributed by atoms with Gasteiger partial charge in [0.1, 0.15) is 0 Å². The molecule has 1 fully saturated rings. The third-order valence-electron chi connectivity index (χ3n) is 4.18. The van der Waals surface area contributed by atoms with Crippen LogP contribution in [0, 0.1) is 5.92 Å². The summed E-state index contributed by atoms with van der Waals surface area (Å²) in [6.45, 7) is 0.453. The molecule has 1 saturated heterocycles. The summed E-state index contributed by atoms with van der Waals surface area (Å²) < 4.78 is 33.9. The molecule has 25 heavy (non-hydrogen) atoms. The number of hydrogen-bond acceptors (Lipinski definition) is 4. The minimum atomic E-state index is -2.99. The fourth-order valence-electron chi connectivity index (χ4n) is 2.63. The van der Waals surface area contributed by atoms with Crippen LogP contribution in [0.4, 0.5) is 8.78 Å². The minimum absolute atomic E-state index is 0.0179. The van der Waals surface area contributed by atoms with E-state index < -0.39 is 12.5 Å². The lowest BCUT2D eigenvalue weighted by Crippen LogP contribution is -2.43. The van der Waals surface area contributed by atoms with Crippen molar-refractivity contribution in [3.8, 4) is 11.5 Å². The summed E-state index contributed by atoms with van der Waals surface area (Å²) in [6, 6.07) is 3.86. The van der Waals surface area contributed by atoms with E-state index in [9.17, 15) is 18.4 Å². The third kappa shape index (κ3) is 5.30. The van der Waals surface area contributed by atoms with Crippen molar-refractivity contribution in [3.05, 3.63) is 23.8 Å². The van der Waals surface area contributed by atoms with Gasteiger partial charge in [-0.25, -0.2) is 0 Å². The second-order valence-corrected chi connectivity index (χ2v) is 5.99. The van der Waals surface area contributed by atoms with E-state index in [0.717, 1.165) is 12.8 Å². The molecule has 138 valence electrons. The molecule has 1 aliphatic rings. The van der Waals surface area contributed by atoms with E-state index in [1.54, 1.807) is 4.90 Å². The maximum Gasteiger partial charge on any atom is 0.387 e. The molecule has 1 N–H and O–H groups in total. The summed E-state index contributed by atoms with van der Waals surface area (Å²) in [6.07, 6.45) is 1.92. The van der Waals surface area contributed by atoms with Crippen LogP contribution in [0.3, 0.4) is 0 Å². The lowest BCUT2D eigenvalue weighted by molar-refractivity contribution is -0.131. The SMILES string of the molecule is COc1cc(C(=O)NCC(=O)N2CCC(C)CC2)ccc1OC(F)F. The normalized spacial score (nSPS) is 15.2. The number of nitrogens with one attached hydrogen (secondary N) is 1. The first-order valence-electron chi connectivity index (χ1n) is 8.09. The first kappa shape index (κ1) is 19.0. The van der Waals surface area contributed by atoms with Gasteiger partial charge < -0.3 is 19.7 Å². The Hall–Kier alpha value is -2.38. The molecule has 0 unspecified atom stereocenters. The Bertz CT molecular complexity index is 617. The molecule has 0 spiro atoms. The largest absolute Gasteiger partial charge is 0.493 e. The van der Waals surface area contributed by atoms with Crippen LogP contribution in [0.15, 0.2) is 18.2 Å². The molecule has 0 saturated carbocycles. The molecule has 8 heteroatoms. The molecule has 0 aromatic heterocycles. The zero-order valence-electron chi connectivity index (χ0n) is 14.3. The van der Waals surface area contributed by atoms with Gasteiger partial charge in [-0.05, 0) is 37.0 Å². The average Bonchev–Trinajstić information content (AvgIpc) is 2.59. The second-order valence-electron chi connectivity index (χ2n) is 5.99. The van der Waals surface area contributed by atoms with Gasteiger partial charge in [0, 0.05) is 18.7 Å². The summed E-state index contributed by atoms with van der Waals surface area (Å²) in [5.41, 5.74) is 0.193. The van der Waals surface area contributed by atoms with Gasteiger partial charge in [-0.1, -0.05) is 6.92 Å². The van der Waals surface area contributed by atoms with E-state index in [-0.39, 0.29) is 29.5 Å². The molecule has 0 atom stereocenters.